The highest BCUT2D eigenvalue weighted by Gasteiger charge is 2.62. The molecule has 3 saturated carbocycles. The lowest BCUT2D eigenvalue weighted by molar-refractivity contribution is -0.158. The molecule has 2 amide bonds. The number of anilines is 1. The standard InChI is InChI=1S/C26H38N2O3/c1-18-10-8-9-13-21(18)27-24(30)28(20-11-6-5-7-12-20)17-23(29)31-22-16-19-14-15-26(22,4)25(19,2)3/h8-10,13,19-20,22H,5-7,11-12,14-17H2,1-4H3,(H,27,30)/t19-,22+,26-/m1/s1. The highest BCUT2D eigenvalue weighted by atomic mass is 16.5. The van der Waals surface area contributed by atoms with Gasteiger partial charge >= 0.3 is 12.0 Å². The summed E-state index contributed by atoms with van der Waals surface area (Å²) in [4.78, 5) is 28.0. The molecule has 0 radical (unpaired) electrons. The first-order valence-corrected chi connectivity index (χ1v) is 12.0. The second-order valence-corrected chi connectivity index (χ2v) is 10.8. The van der Waals surface area contributed by atoms with Crippen LogP contribution in [0.1, 0.15) is 77.7 Å². The normalized spacial score (nSPS) is 29.5. The van der Waals surface area contributed by atoms with Gasteiger partial charge in [0.1, 0.15) is 12.6 Å². The van der Waals surface area contributed by atoms with E-state index < -0.39 is 0 Å². The van der Waals surface area contributed by atoms with Crippen molar-refractivity contribution in [2.75, 3.05) is 11.9 Å². The predicted octanol–water partition coefficient (Wildman–Crippen LogP) is 5.92. The van der Waals surface area contributed by atoms with Gasteiger partial charge in [-0.1, -0.05) is 58.2 Å². The molecule has 5 heteroatoms. The molecule has 3 atom stereocenters. The lowest BCUT2D eigenvalue weighted by Gasteiger charge is -2.39. The third kappa shape index (κ3) is 4.08. The first-order valence-electron chi connectivity index (χ1n) is 12.0. The van der Waals surface area contributed by atoms with Gasteiger partial charge in [-0.3, -0.25) is 4.79 Å². The largest absolute Gasteiger partial charge is 0.460 e. The van der Waals surface area contributed by atoms with Gasteiger partial charge in [0.15, 0.2) is 0 Å². The van der Waals surface area contributed by atoms with Crippen molar-refractivity contribution in [3.05, 3.63) is 29.8 Å². The van der Waals surface area contributed by atoms with Crippen molar-refractivity contribution >= 4 is 17.7 Å². The lowest BCUT2D eigenvalue weighted by atomic mass is 9.70. The first kappa shape index (κ1) is 22.2. The van der Waals surface area contributed by atoms with Crippen LogP contribution in [0.5, 0.6) is 0 Å². The molecular formula is C26H38N2O3. The fraction of sp³-hybridized carbons (Fsp3) is 0.692. The molecule has 4 rings (SSSR count). The van der Waals surface area contributed by atoms with Crippen LogP contribution in [0.4, 0.5) is 10.5 Å². The van der Waals surface area contributed by atoms with Crippen LogP contribution in [0.3, 0.4) is 0 Å². The van der Waals surface area contributed by atoms with E-state index in [9.17, 15) is 9.59 Å². The maximum atomic E-state index is 13.2. The summed E-state index contributed by atoms with van der Waals surface area (Å²) in [6.45, 7) is 8.93. The summed E-state index contributed by atoms with van der Waals surface area (Å²) in [5, 5.41) is 3.03. The van der Waals surface area contributed by atoms with Gasteiger partial charge in [-0.2, -0.15) is 0 Å². The molecule has 1 N–H and O–H groups in total. The molecule has 0 aliphatic heterocycles. The van der Waals surface area contributed by atoms with Crippen LogP contribution >= 0.6 is 0 Å². The minimum Gasteiger partial charge on any atom is -0.460 e. The zero-order chi connectivity index (χ0) is 22.2. The number of urea groups is 1. The van der Waals surface area contributed by atoms with E-state index in [1.807, 2.05) is 31.2 Å². The maximum absolute atomic E-state index is 13.2. The molecule has 3 aliphatic carbocycles. The minimum atomic E-state index is -0.264. The Labute approximate surface area is 186 Å². The Morgan fingerprint density at radius 1 is 1.10 bits per heavy atom. The number of nitrogens with zero attached hydrogens (tertiary/aromatic N) is 1. The van der Waals surface area contributed by atoms with Crippen molar-refractivity contribution in [3.8, 4) is 0 Å². The number of hydrogen-bond donors (Lipinski definition) is 1. The Bertz CT molecular complexity index is 830. The SMILES string of the molecule is Cc1ccccc1NC(=O)N(CC(=O)O[C@H]1C[C@H]2CC[C@@]1(C)C2(C)C)C1CCCCC1. The predicted molar refractivity (Wildman–Crippen MR) is 123 cm³/mol. The van der Waals surface area contributed by atoms with Crippen LogP contribution in [-0.2, 0) is 9.53 Å². The summed E-state index contributed by atoms with van der Waals surface area (Å²) < 4.78 is 6.07. The second kappa shape index (κ2) is 8.48. The molecule has 0 aromatic heterocycles. The summed E-state index contributed by atoms with van der Waals surface area (Å²) in [5.74, 6) is 0.356. The number of aryl methyl sites for hydroxylation is 1. The molecular weight excluding hydrogens is 388 g/mol. The van der Waals surface area contributed by atoms with Crippen molar-refractivity contribution in [3.63, 3.8) is 0 Å². The van der Waals surface area contributed by atoms with Gasteiger partial charge in [-0.05, 0) is 62.0 Å². The number of rotatable bonds is 5. The number of amides is 2. The number of ether oxygens (including phenoxy) is 1. The third-order valence-electron chi connectivity index (χ3n) is 8.95. The van der Waals surface area contributed by atoms with E-state index in [0.717, 1.165) is 49.8 Å². The summed E-state index contributed by atoms with van der Waals surface area (Å²) >= 11 is 0. The van der Waals surface area contributed by atoms with E-state index >= 15 is 0 Å². The smallest absolute Gasteiger partial charge is 0.326 e. The Kier molecular flexibility index (Phi) is 6.06. The van der Waals surface area contributed by atoms with E-state index in [4.69, 9.17) is 4.74 Å². The molecule has 2 bridgehead atoms. The van der Waals surface area contributed by atoms with Crippen LogP contribution in [0.15, 0.2) is 24.3 Å². The van der Waals surface area contributed by atoms with E-state index in [-0.39, 0.29) is 41.5 Å². The lowest BCUT2D eigenvalue weighted by Crippen LogP contribution is -2.48. The van der Waals surface area contributed by atoms with Gasteiger partial charge in [0.2, 0.25) is 0 Å². The van der Waals surface area contributed by atoms with Crippen molar-refractivity contribution in [1.82, 2.24) is 4.90 Å². The molecule has 170 valence electrons. The van der Waals surface area contributed by atoms with E-state index in [0.29, 0.717) is 5.92 Å². The quantitative estimate of drug-likeness (QED) is 0.595. The van der Waals surface area contributed by atoms with Gasteiger partial charge in [-0.15, -0.1) is 0 Å². The molecule has 0 spiro atoms. The zero-order valence-corrected chi connectivity index (χ0v) is 19.6. The van der Waals surface area contributed by atoms with E-state index in [1.165, 1.54) is 12.8 Å². The van der Waals surface area contributed by atoms with Crippen LogP contribution in [0.25, 0.3) is 0 Å². The number of carbonyl (C=O) groups is 2. The highest BCUT2D eigenvalue weighted by molar-refractivity contribution is 5.92. The Balaban J connectivity index is 1.45. The number of benzene rings is 1. The van der Waals surface area contributed by atoms with Gasteiger partial charge < -0.3 is 15.0 Å². The van der Waals surface area contributed by atoms with Gasteiger partial charge in [-0.25, -0.2) is 4.79 Å². The van der Waals surface area contributed by atoms with Crippen molar-refractivity contribution in [2.24, 2.45) is 16.7 Å². The molecule has 0 saturated heterocycles. The highest BCUT2D eigenvalue weighted by Crippen LogP contribution is 2.66. The van der Waals surface area contributed by atoms with Gasteiger partial charge in [0, 0.05) is 17.1 Å². The molecule has 3 aliphatic rings. The molecule has 5 nitrogen and oxygen atoms in total. The minimum absolute atomic E-state index is 0.0278. The number of esters is 1. The number of carbonyl (C=O) groups excluding carboxylic acids is 2. The summed E-state index contributed by atoms with van der Waals surface area (Å²) in [5.41, 5.74) is 2.04. The van der Waals surface area contributed by atoms with Crippen molar-refractivity contribution in [1.29, 1.82) is 0 Å². The Morgan fingerprint density at radius 2 is 1.81 bits per heavy atom. The molecule has 3 fully saturated rings. The average molecular weight is 427 g/mol. The molecule has 0 unspecified atom stereocenters. The third-order valence-corrected chi connectivity index (χ3v) is 8.95. The Hall–Kier alpha value is -2.04. The summed E-state index contributed by atoms with van der Waals surface area (Å²) in [7, 11) is 0. The van der Waals surface area contributed by atoms with Crippen LogP contribution < -0.4 is 5.32 Å². The van der Waals surface area contributed by atoms with Crippen molar-refractivity contribution < 1.29 is 14.3 Å². The number of para-hydroxylation sites is 1. The summed E-state index contributed by atoms with van der Waals surface area (Å²) in [6.07, 6.45) is 8.55. The molecule has 1 aromatic rings. The first-order chi connectivity index (χ1) is 14.7. The van der Waals surface area contributed by atoms with Crippen LogP contribution in [0.2, 0.25) is 0 Å². The van der Waals surface area contributed by atoms with Crippen LogP contribution in [0, 0.1) is 23.7 Å². The maximum Gasteiger partial charge on any atom is 0.326 e. The number of hydrogen-bond acceptors (Lipinski definition) is 3. The topological polar surface area (TPSA) is 58.6 Å². The molecule has 0 heterocycles. The van der Waals surface area contributed by atoms with Crippen molar-refractivity contribution in [2.45, 2.75) is 91.2 Å². The average Bonchev–Trinajstić information content (AvgIpc) is 3.08. The second-order valence-electron chi connectivity index (χ2n) is 10.8. The number of nitrogens with one attached hydrogen (secondary N) is 1. The number of fused-ring (bicyclic) bond motifs is 2. The van der Waals surface area contributed by atoms with E-state index in [2.05, 4.69) is 26.1 Å². The fourth-order valence-corrected chi connectivity index (χ4v) is 6.30. The summed E-state index contributed by atoms with van der Waals surface area (Å²) in [6, 6.07) is 7.66. The molecule has 31 heavy (non-hydrogen) atoms. The van der Waals surface area contributed by atoms with Crippen LogP contribution in [-0.4, -0.2) is 35.6 Å². The monoisotopic (exact) mass is 426 g/mol. The molecule has 1 aromatic carbocycles. The van der Waals surface area contributed by atoms with Gasteiger partial charge in [0.05, 0.1) is 0 Å². The Morgan fingerprint density at radius 3 is 2.42 bits per heavy atom. The van der Waals surface area contributed by atoms with E-state index in [1.54, 1.807) is 4.90 Å². The van der Waals surface area contributed by atoms with Gasteiger partial charge in [0.25, 0.3) is 0 Å². The zero-order valence-electron chi connectivity index (χ0n) is 19.6. The fourth-order valence-electron chi connectivity index (χ4n) is 6.30.